The van der Waals surface area contributed by atoms with E-state index in [9.17, 15) is 9.59 Å². The number of hydrogen-bond acceptors (Lipinski definition) is 3. The van der Waals surface area contributed by atoms with Crippen molar-refractivity contribution >= 4 is 12.1 Å². The number of rotatable bonds is 5. The molecule has 3 fully saturated rings. The van der Waals surface area contributed by atoms with Crippen LogP contribution in [0, 0.1) is 17.8 Å². The number of carboxylic acid groups (broad SMARTS) is 1. The third-order valence-electron chi connectivity index (χ3n) is 3.68. The Hall–Kier alpha value is -1.52. The van der Waals surface area contributed by atoms with Gasteiger partial charge in [-0.25, -0.2) is 4.79 Å². The molecule has 0 aromatic carbocycles. The lowest BCUT2D eigenvalue weighted by atomic mass is 9.64. The summed E-state index contributed by atoms with van der Waals surface area (Å²) in [5.41, 5.74) is 0. The maximum atomic E-state index is 11.1. The van der Waals surface area contributed by atoms with Crippen molar-refractivity contribution in [1.82, 2.24) is 5.32 Å². The van der Waals surface area contributed by atoms with Gasteiger partial charge in [0.25, 0.3) is 0 Å². The lowest BCUT2D eigenvalue weighted by molar-refractivity contribution is -0.136. The molecule has 5 heteroatoms. The van der Waals surface area contributed by atoms with Gasteiger partial charge in [0.15, 0.2) is 0 Å². The Morgan fingerprint density at radius 1 is 1.21 bits per heavy atom. The molecular formula is C19H35NO4. The van der Waals surface area contributed by atoms with Gasteiger partial charge in [-0.15, -0.1) is 6.58 Å². The predicted octanol–water partition coefficient (Wildman–Crippen LogP) is 4.62. The summed E-state index contributed by atoms with van der Waals surface area (Å²) in [7, 11) is 0. The molecule has 0 saturated heterocycles. The molecule has 0 aliphatic heterocycles. The Bertz CT molecular complexity index is 363. The topological polar surface area (TPSA) is 75.6 Å². The first kappa shape index (κ1) is 22.5. The Morgan fingerprint density at radius 3 is 2.04 bits per heavy atom. The summed E-state index contributed by atoms with van der Waals surface area (Å²) >= 11 is 0. The van der Waals surface area contributed by atoms with E-state index in [0.717, 1.165) is 37.0 Å². The molecule has 140 valence electrons. The fraction of sp³-hybridized carbons (Fsp3) is 0.789. The van der Waals surface area contributed by atoms with Gasteiger partial charge in [-0.05, 0) is 49.9 Å². The molecule has 0 aromatic rings. The number of carbonyl (C=O) groups is 2. The molecule has 0 aromatic heterocycles. The first-order valence-electron chi connectivity index (χ1n) is 9.05. The Labute approximate surface area is 146 Å². The van der Waals surface area contributed by atoms with Crippen LogP contribution in [0.25, 0.3) is 0 Å². The molecule has 0 unspecified atom stereocenters. The Kier molecular flexibility index (Phi) is 12.0. The molecule has 3 aliphatic carbocycles. The molecule has 0 radical (unpaired) electrons. The van der Waals surface area contributed by atoms with Crippen molar-refractivity contribution in [3.63, 3.8) is 0 Å². The van der Waals surface area contributed by atoms with Crippen LogP contribution in [0.3, 0.4) is 0 Å². The highest BCUT2D eigenvalue weighted by Crippen LogP contribution is 2.46. The molecule has 0 atom stereocenters. The fourth-order valence-electron chi connectivity index (χ4n) is 2.74. The molecule has 3 saturated carbocycles. The first-order valence-corrected chi connectivity index (χ1v) is 9.05. The predicted molar refractivity (Wildman–Crippen MR) is 97.0 cm³/mol. The first-order chi connectivity index (χ1) is 11.3. The van der Waals surface area contributed by atoms with E-state index in [0.29, 0.717) is 0 Å². The molecular weight excluding hydrogens is 306 g/mol. The normalized spacial score (nSPS) is 23.5. The molecule has 2 N–H and O–H groups in total. The zero-order valence-corrected chi connectivity index (χ0v) is 15.7. The number of nitrogens with one attached hydrogen (secondary N) is 1. The minimum Gasteiger partial charge on any atom is -0.480 e. The number of aliphatic carboxylic acids is 1. The van der Waals surface area contributed by atoms with Crippen LogP contribution >= 0.6 is 0 Å². The van der Waals surface area contributed by atoms with Crippen molar-refractivity contribution in [3.8, 4) is 0 Å². The van der Waals surface area contributed by atoms with Gasteiger partial charge in [-0.2, -0.15) is 0 Å². The lowest BCUT2D eigenvalue weighted by Crippen LogP contribution is -2.41. The largest absolute Gasteiger partial charge is 0.480 e. The van der Waals surface area contributed by atoms with Crippen LogP contribution in [-0.2, 0) is 9.53 Å². The summed E-state index contributed by atoms with van der Waals surface area (Å²) in [5.74, 6) is 1.22. The van der Waals surface area contributed by atoms with Crippen LogP contribution in [0.15, 0.2) is 12.7 Å². The average molecular weight is 341 g/mol. The van der Waals surface area contributed by atoms with Gasteiger partial charge >= 0.3 is 12.1 Å². The quantitative estimate of drug-likeness (QED) is 0.715. The van der Waals surface area contributed by atoms with E-state index in [1.165, 1.54) is 19.3 Å². The number of fused-ring (bicyclic) bond motifs is 2. The van der Waals surface area contributed by atoms with Gasteiger partial charge in [0.1, 0.15) is 12.6 Å². The number of carbonyl (C=O) groups excluding carboxylic acids is 1. The van der Waals surface area contributed by atoms with Crippen LogP contribution in [-0.4, -0.2) is 29.8 Å². The highest BCUT2D eigenvalue weighted by molar-refractivity contribution is 5.76. The number of unbranched alkanes of at least 4 members (excludes halogenated alkanes) is 1. The number of carboxylic acids is 1. The van der Waals surface area contributed by atoms with E-state index < -0.39 is 12.1 Å². The zero-order chi connectivity index (χ0) is 18.5. The van der Waals surface area contributed by atoms with Crippen LogP contribution in [0.5, 0.6) is 0 Å². The monoisotopic (exact) mass is 341 g/mol. The molecule has 0 heterocycles. The van der Waals surface area contributed by atoms with Crippen LogP contribution in [0.2, 0.25) is 0 Å². The second-order valence-electron chi connectivity index (χ2n) is 7.26. The Morgan fingerprint density at radius 2 is 1.71 bits per heavy atom. The van der Waals surface area contributed by atoms with Gasteiger partial charge in [0.05, 0.1) is 0 Å². The number of ether oxygens (including phenoxy) is 1. The molecule has 2 bridgehead atoms. The van der Waals surface area contributed by atoms with Crippen LogP contribution < -0.4 is 5.32 Å². The van der Waals surface area contributed by atoms with Gasteiger partial charge in [0, 0.05) is 0 Å². The smallest absolute Gasteiger partial charge is 0.407 e. The average Bonchev–Trinajstić information content (AvgIpc) is 2.45. The van der Waals surface area contributed by atoms with Gasteiger partial charge < -0.3 is 15.2 Å². The van der Waals surface area contributed by atoms with E-state index in [4.69, 9.17) is 9.84 Å². The van der Waals surface area contributed by atoms with Crippen molar-refractivity contribution in [3.05, 3.63) is 12.7 Å². The lowest BCUT2D eigenvalue weighted by Gasteiger charge is -2.44. The van der Waals surface area contributed by atoms with E-state index in [1.54, 1.807) is 0 Å². The molecule has 24 heavy (non-hydrogen) atoms. The summed E-state index contributed by atoms with van der Waals surface area (Å²) in [6.07, 6.45) is 8.13. The SMILES string of the molecule is C=CCCC.CC(C)C.O=C(O)CNC(=O)OC1CC2CC(C2)C1. The molecule has 3 rings (SSSR count). The minimum atomic E-state index is -1.06. The minimum absolute atomic E-state index is 0.00343. The second kappa shape index (κ2) is 12.8. The van der Waals surface area contributed by atoms with E-state index in [-0.39, 0.29) is 12.6 Å². The summed E-state index contributed by atoms with van der Waals surface area (Å²) in [6, 6.07) is 0. The Balaban J connectivity index is 0.000000492. The van der Waals surface area contributed by atoms with Crippen molar-refractivity contribution in [2.45, 2.75) is 72.3 Å². The van der Waals surface area contributed by atoms with Gasteiger partial charge in [-0.1, -0.05) is 40.2 Å². The number of alkyl carbamates (subject to hydrolysis) is 1. The number of amides is 1. The van der Waals surface area contributed by atoms with Crippen LogP contribution in [0.4, 0.5) is 4.79 Å². The zero-order valence-electron chi connectivity index (χ0n) is 15.7. The third-order valence-corrected chi connectivity index (χ3v) is 3.68. The van der Waals surface area contributed by atoms with Crippen molar-refractivity contribution in [2.75, 3.05) is 6.54 Å². The molecule has 5 nitrogen and oxygen atoms in total. The molecule has 1 amide bonds. The highest BCUT2D eigenvalue weighted by Gasteiger charge is 2.39. The van der Waals surface area contributed by atoms with Gasteiger partial charge in [0.2, 0.25) is 0 Å². The third kappa shape index (κ3) is 12.0. The van der Waals surface area contributed by atoms with E-state index >= 15 is 0 Å². The van der Waals surface area contributed by atoms with Gasteiger partial charge in [-0.3, -0.25) is 4.79 Å². The maximum Gasteiger partial charge on any atom is 0.407 e. The van der Waals surface area contributed by atoms with E-state index in [1.807, 2.05) is 6.08 Å². The summed E-state index contributed by atoms with van der Waals surface area (Å²) < 4.78 is 5.13. The standard InChI is InChI=1S/C10H15NO4.C5H10.C4H10/c12-9(13)5-11-10(14)15-8-3-6-1-7(2-6)4-8;1-3-5-4-2;1-4(2)3/h6-8H,1-5H2,(H,11,14)(H,12,13);3H,1,4-5H2,2H3;4H,1-3H3. The second-order valence-corrected chi connectivity index (χ2v) is 7.26. The molecule has 3 aliphatic rings. The van der Waals surface area contributed by atoms with Crippen molar-refractivity contribution in [2.24, 2.45) is 17.8 Å². The summed E-state index contributed by atoms with van der Waals surface area (Å²) in [6.45, 7) is 11.8. The highest BCUT2D eigenvalue weighted by atomic mass is 16.6. The summed E-state index contributed by atoms with van der Waals surface area (Å²) in [5, 5.41) is 10.5. The number of allylic oxidation sites excluding steroid dienone is 1. The van der Waals surface area contributed by atoms with Crippen molar-refractivity contribution in [1.29, 1.82) is 0 Å². The van der Waals surface area contributed by atoms with E-state index in [2.05, 4.69) is 39.6 Å². The van der Waals surface area contributed by atoms with Crippen molar-refractivity contribution < 1.29 is 19.4 Å². The summed E-state index contributed by atoms with van der Waals surface area (Å²) in [4.78, 5) is 21.3. The molecule has 0 spiro atoms. The van der Waals surface area contributed by atoms with Crippen LogP contribution in [0.1, 0.15) is 66.2 Å². The number of hydrogen-bond donors (Lipinski definition) is 2. The maximum absolute atomic E-state index is 11.1. The fourth-order valence-corrected chi connectivity index (χ4v) is 2.74.